The second-order valence-electron chi connectivity index (χ2n) is 9.96. The van der Waals surface area contributed by atoms with Crippen LogP contribution in [0, 0.1) is 23.7 Å². The van der Waals surface area contributed by atoms with Gasteiger partial charge in [-0.3, -0.25) is 9.69 Å². The van der Waals surface area contributed by atoms with E-state index >= 15 is 0 Å². The third-order valence-corrected chi connectivity index (χ3v) is 8.06. The van der Waals surface area contributed by atoms with Crippen molar-refractivity contribution in [3.63, 3.8) is 0 Å². The molecule has 3 heterocycles. The maximum absolute atomic E-state index is 13.0. The normalized spacial score (nSPS) is 32.7. The lowest BCUT2D eigenvalue weighted by molar-refractivity contribution is -0.134. The van der Waals surface area contributed by atoms with Crippen molar-refractivity contribution in [3.8, 4) is 0 Å². The summed E-state index contributed by atoms with van der Waals surface area (Å²) in [6, 6.07) is 6.16. The first-order valence-corrected chi connectivity index (χ1v) is 11.9. The molecular weight excluding hydrogens is 360 g/mol. The van der Waals surface area contributed by atoms with Crippen molar-refractivity contribution < 1.29 is 4.79 Å². The van der Waals surface area contributed by atoms with Crippen molar-refractivity contribution in [2.24, 2.45) is 23.7 Å². The van der Waals surface area contributed by atoms with Crippen molar-refractivity contribution >= 4 is 11.7 Å². The lowest BCUT2D eigenvalue weighted by Gasteiger charge is -2.40. The van der Waals surface area contributed by atoms with Gasteiger partial charge in [0, 0.05) is 58.4 Å². The minimum Gasteiger partial charge on any atom is -0.354 e. The van der Waals surface area contributed by atoms with E-state index in [2.05, 4.69) is 31.8 Å². The number of nitrogens with zero attached hydrogens (tertiary/aromatic N) is 4. The third-order valence-electron chi connectivity index (χ3n) is 8.06. The van der Waals surface area contributed by atoms with E-state index < -0.39 is 0 Å². The van der Waals surface area contributed by atoms with Gasteiger partial charge in [-0.15, -0.1) is 0 Å². The molecule has 5 nitrogen and oxygen atoms in total. The van der Waals surface area contributed by atoms with Crippen LogP contribution in [-0.2, 0) is 4.79 Å². The Kier molecular flexibility index (Phi) is 5.76. The number of hydrogen-bond acceptors (Lipinski definition) is 4. The van der Waals surface area contributed by atoms with Gasteiger partial charge in [0.2, 0.25) is 5.91 Å². The van der Waals surface area contributed by atoms with Crippen LogP contribution in [0.2, 0.25) is 0 Å². The second-order valence-corrected chi connectivity index (χ2v) is 9.96. The molecule has 4 aliphatic rings. The highest BCUT2D eigenvalue weighted by molar-refractivity contribution is 5.76. The molecule has 158 valence electrons. The molecule has 2 aliphatic heterocycles. The maximum Gasteiger partial charge on any atom is 0.222 e. The van der Waals surface area contributed by atoms with Gasteiger partial charge < -0.3 is 9.80 Å². The van der Waals surface area contributed by atoms with E-state index in [0.29, 0.717) is 17.7 Å². The number of likely N-dealkylation sites (tertiary alicyclic amines) is 1. The molecule has 4 atom stereocenters. The van der Waals surface area contributed by atoms with Crippen molar-refractivity contribution in [1.82, 2.24) is 14.8 Å². The number of amides is 1. The van der Waals surface area contributed by atoms with Crippen molar-refractivity contribution in [3.05, 3.63) is 24.4 Å². The highest BCUT2D eigenvalue weighted by Crippen LogP contribution is 2.49. The predicted molar refractivity (Wildman–Crippen MR) is 116 cm³/mol. The minimum atomic E-state index is 0.451. The summed E-state index contributed by atoms with van der Waals surface area (Å²) < 4.78 is 0. The average Bonchev–Trinajstić information content (AvgIpc) is 3.38. The summed E-state index contributed by atoms with van der Waals surface area (Å²) in [7, 11) is 0. The molecule has 2 bridgehead atoms. The van der Waals surface area contributed by atoms with Crippen LogP contribution in [0.25, 0.3) is 0 Å². The lowest BCUT2D eigenvalue weighted by atomic mass is 9.85. The van der Waals surface area contributed by atoms with Crippen molar-refractivity contribution in [1.29, 1.82) is 0 Å². The van der Waals surface area contributed by atoms with Crippen LogP contribution in [0.1, 0.15) is 44.9 Å². The second kappa shape index (κ2) is 8.63. The van der Waals surface area contributed by atoms with Crippen LogP contribution in [0.4, 0.5) is 5.82 Å². The fourth-order valence-corrected chi connectivity index (χ4v) is 6.49. The molecule has 4 fully saturated rings. The summed E-state index contributed by atoms with van der Waals surface area (Å²) >= 11 is 0. The number of carbonyl (C=O) groups excluding carboxylic acids is 1. The Morgan fingerprint density at radius 2 is 1.93 bits per heavy atom. The van der Waals surface area contributed by atoms with Gasteiger partial charge in [-0.25, -0.2) is 4.98 Å². The van der Waals surface area contributed by atoms with Gasteiger partial charge >= 0.3 is 0 Å². The van der Waals surface area contributed by atoms with E-state index in [9.17, 15) is 4.79 Å². The summed E-state index contributed by atoms with van der Waals surface area (Å²) in [4.78, 5) is 24.7. The monoisotopic (exact) mass is 396 g/mol. The Morgan fingerprint density at radius 3 is 2.66 bits per heavy atom. The molecule has 0 spiro atoms. The summed E-state index contributed by atoms with van der Waals surface area (Å²) in [5.41, 5.74) is 0. The van der Waals surface area contributed by atoms with Gasteiger partial charge in [-0.2, -0.15) is 0 Å². The Morgan fingerprint density at radius 1 is 1.03 bits per heavy atom. The molecule has 1 aromatic heterocycles. The topological polar surface area (TPSA) is 39.7 Å². The van der Waals surface area contributed by atoms with E-state index in [1.807, 2.05) is 12.3 Å². The standard InChI is InChI=1S/C24H36N4O/c29-24(16-22-15-19-6-7-21(22)14-19)28-9-3-4-20(18-28)17-26-10-12-27(13-11-26)23-5-1-2-8-25-23/h1-2,5,8,19-22H,3-4,6-7,9-18H2. The highest BCUT2D eigenvalue weighted by atomic mass is 16.2. The number of fused-ring (bicyclic) bond motifs is 2. The molecule has 0 radical (unpaired) electrons. The van der Waals surface area contributed by atoms with Gasteiger partial charge in [0.05, 0.1) is 0 Å². The van der Waals surface area contributed by atoms with Crippen molar-refractivity contribution in [2.75, 3.05) is 50.7 Å². The number of piperidine rings is 1. The van der Waals surface area contributed by atoms with E-state index in [-0.39, 0.29) is 0 Å². The maximum atomic E-state index is 13.0. The summed E-state index contributed by atoms with van der Waals surface area (Å²) in [5, 5.41) is 0. The fourth-order valence-electron chi connectivity index (χ4n) is 6.49. The van der Waals surface area contributed by atoms with Crippen LogP contribution in [0.15, 0.2) is 24.4 Å². The zero-order chi connectivity index (χ0) is 19.6. The number of pyridine rings is 1. The minimum absolute atomic E-state index is 0.451. The van der Waals surface area contributed by atoms with Gasteiger partial charge in [0.25, 0.3) is 0 Å². The molecule has 1 amide bonds. The molecule has 5 heteroatoms. The van der Waals surface area contributed by atoms with Gasteiger partial charge in [0.15, 0.2) is 0 Å². The van der Waals surface area contributed by atoms with Crippen LogP contribution in [0.3, 0.4) is 0 Å². The fraction of sp³-hybridized carbons (Fsp3) is 0.750. The Bertz CT molecular complexity index is 687. The molecule has 1 aromatic rings. The smallest absolute Gasteiger partial charge is 0.222 e. The molecule has 0 N–H and O–H groups in total. The Labute approximate surface area is 175 Å². The molecule has 2 saturated carbocycles. The van der Waals surface area contributed by atoms with Gasteiger partial charge in [-0.05, 0) is 67.9 Å². The van der Waals surface area contributed by atoms with Crippen LogP contribution >= 0.6 is 0 Å². The third kappa shape index (κ3) is 4.45. The number of rotatable bonds is 5. The summed E-state index contributed by atoms with van der Waals surface area (Å²) in [6.45, 7) is 7.43. The summed E-state index contributed by atoms with van der Waals surface area (Å²) in [6.07, 6.45) is 10.7. The SMILES string of the molecule is O=C(CC1CC2CCC1C2)N1CCCC(CN2CCN(c3ccccn3)CC2)C1. The largest absolute Gasteiger partial charge is 0.354 e. The molecule has 2 aliphatic carbocycles. The van der Waals surface area contributed by atoms with E-state index in [1.54, 1.807) is 0 Å². The number of carbonyl (C=O) groups is 1. The first-order valence-electron chi connectivity index (χ1n) is 11.9. The highest BCUT2D eigenvalue weighted by Gasteiger charge is 2.41. The van der Waals surface area contributed by atoms with E-state index in [0.717, 1.165) is 69.9 Å². The molecular formula is C24H36N4O. The van der Waals surface area contributed by atoms with Crippen LogP contribution in [0.5, 0.6) is 0 Å². The lowest BCUT2D eigenvalue weighted by Crippen LogP contribution is -2.50. The van der Waals surface area contributed by atoms with Gasteiger partial charge in [-0.1, -0.05) is 12.5 Å². The Balaban J connectivity index is 1.08. The Hall–Kier alpha value is -1.62. The molecule has 5 rings (SSSR count). The predicted octanol–water partition coefficient (Wildman–Crippen LogP) is 3.27. The molecule has 2 saturated heterocycles. The molecule has 4 unspecified atom stereocenters. The van der Waals surface area contributed by atoms with Crippen molar-refractivity contribution in [2.45, 2.75) is 44.9 Å². The van der Waals surface area contributed by atoms with E-state index in [1.165, 1.54) is 38.5 Å². The molecule has 0 aromatic carbocycles. The number of piperazine rings is 1. The first-order chi connectivity index (χ1) is 14.2. The number of anilines is 1. The van der Waals surface area contributed by atoms with Gasteiger partial charge in [0.1, 0.15) is 5.82 Å². The zero-order valence-corrected chi connectivity index (χ0v) is 17.7. The summed E-state index contributed by atoms with van der Waals surface area (Å²) in [5.74, 6) is 4.70. The van der Waals surface area contributed by atoms with E-state index in [4.69, 9.17) is 0 Å². The zero-order valence-electron chi connectivity index (χ0n) is 17.7. The first kappa shape index (κ1) is 19.3. The number of hydrogen-bond donors (Lipinski definition) is 0. The van der Waals surface area contributed by atoms with Crippen LogP contribution in [-0.4, -0.2) is 66.5 Å². The average molecular weight is 397 g/mol. The van der Waals surface area contributed by atoms with Crippen LogP contribution < -0.4 is 4.90 Å². The molecule has 29 heavy (non-hydrogen) atoms. The number of aromatic nitrogens is 1. The quantitative estimate of drug-likeness (QED) is 0.766.